The summed E-state index contributed by atoms with van der Waals surface area (Å²) in [6.45, 7) is 1.29. The first-order chi connectivity index (χ1) is 11.7. The summed E-state index contributed by atoms with van der Waals surface area (Å²) >= 11 is 0. The number of carbonyl (C=O) groups is 1. The summed E-state index contributed by atoms with van der Waals surface area (Å²) in [6, 6.07) is 3.82. The molecule has 2 fully saturated rings. The predicted molar refractivity (Wildman–Crippen MR) is 87.9 cm³/mol. The summed E-state index contributed by atoms with van der Waals surface area (Å²) in [5.41, 5.74) is -0.938. The van der Waals surface area contributed by atoms with E-state index < -0.39 is 38.2 Å². The molecule has 1 aromatic carbocycles. The Morgan fingerprint density at radius 3 is 2.64 bits per heavy atom. The van der Waals surface area contributed by atoms with Gasteiger partial charge in [0, 0.05) is 13.1 Å². The van der Waals surface area contributed by atoms with Gasteiger partial charge in [0.25, 0.3) is 0 Å². The molecule has 0 amide bonds. The minimum absolute atomic E-state index is 0.0195. The number of aliphatic hydroxyl groups is 1. The normalized spacial score (nSPS) is 28.0. The Morgan fingerprint density at radius 2 is 2.04 bits per heavy atom. The van der Waals surface area contributed by atoms with Gasteiger partial charge in [0.05, 0.1) is 6.10 Å². The number of carboxylic acids is 1. The molecule has 2 N–H and O–H groups in total. The number of aliphatic carboxylic acids is 1. The number of halogens is 1. The maximum absolute atomic E-state index is 14.1. The van der Waals surface area contributed by atoms with Crippen LogP contribution in [0.3, 0.4) is 0 Å². The quantitative estimate of drug-likeness (QED) is 0.822. The molecule has 138 valence electrons. The summed E-state index contributed by atoms with van der Waals surface area (Å²) < 4.78 is 40.9. The number of piperidine rings is 1. The van der Waals surface area contributed by atoms with Gasteiger partial charge in [0.2, 0.25) is 10.0 Å². The van der Waals surface area contributed by atoms with E-state index in [1.807, 2.05) is 0 Å². The van der Waals surface area contributed by atoms with Gasteiger partial charge in [-0.3, -0.25) is 4.79 Å². The standard InChI is InChI=1S/C17H22FNO5S/c1-11-2-5-13(18)14(8-11)25(23,24)19-7-6-15(20)17(10-19,16(21)22)9-12-3-4-12/h2,5,8,12,15,20H,3-4,6-7,9-10H2,1H3,(H,21,22)/t15-,17-/m0/s1. The van der Waals surface area contributed by atoms with Gasteiger partial charge in [-0.25, -0.2) is 12.8 Å². The van der Waals surface area contributed by atoms with Crippen LogP contribution in [0.1, 0.15) is 31.2 Å². The van der Waals surface area contributed by atoms with Crippen LogP contribution < -0.4 is 0 Å². The lowest BCUT2D eigenvalue weighted by atomic mass is 9.74. The van der Waals surface area contributed by atoms with Crippen LogP contribution in [0.5, 0.6) is 0 Å². The minimum atomic E-state index is -4.17. The zero-order valence-corrected chi connectivity index (χ0v) is 14.8. The zero-order chi connectivity index (χ0) is 18.4. The summed E-state index contributed by atoms with van der Waals surface area (Å²) in [6.07, 6.45) is 0.930. The molecule has 1 aromatic rings. The van der Waals surface area contributed by atoms with Crippen molar-refractivity contribution in [3.8, 4) is 0 Å². The minimum Gasteiger partial charge on any atom is -0.481 e. The molecule has 0 bridgehead atoms. The van der Waals surface area contributed by atoms with E-state index in [2.05, 4.69) is 0 Å². The number of rotatable bonds is 5. The first kappa shape index (κ1) is 18.3. The third-order valence-corrected chi connectivity index (χ3v) is 7.09. The molecule has 25 heavy (non-hydrogen) atoms. The van der Waals surface area contributed by atoms with Crippen molar-refractivity contribution in [1.82, 2.24) is 4.31 Å². The van der Waals surface area contributed by atoms with E-state index in [4.69, 9.17) is 0 Å². The van der Waals surface area contributed by atoms with Gasteiger partial charge < -0.3 is 10.2 Å². The first-order valence-corrected chi connectivity index (χ1v) is 9.78. The largest absolute Gasteiger partial charge is 0.481 e. The van der Waals surface area contributed by atoms with Crippen LogP contribution in [-0.4, -0.2) is 48.1 Å². The maximum Gasteiger partial charge on any atom is 0.313 e. The lowest BCUT2D eigenvalue weighted by Crippen LogP contribution is -2.57. The van der Waals surface area contributed by atoms with Gasteiger partial charge in [-0.1, -0.05) is 18.9 Å². The Labute approximate surface area is 146 Å². The monoisotopic (exact) mass is 371 g/mol. The van der Waals surface area contributed by atoms with Crippen molar-refractivity contribution in [2.45, 2.75) is 43.6 Å². The molecule has 6 nitrogen and oxygen atoms in total. The summed E-state index contributed by atoms with van der Waals surface area (Å²) in [7, 11) is -4.17. The highest BCUT2D eigenvalue weighted by molar-refractivity contribution is 7.89. The average Bonchev–Trinajstić information content (AvgIpc) is 3.35. The molecule has 1 aliphatic heterocycles. The van der Waals surface area contributed by atoms with Gasteiger partial charge >= 0.3 is 5.97 Å². The van der Waals surface area contributed by atoms with Crippen LogP contribution in [0.4, 0.5) is 4.39 Å². The van der Waals surface area contributed by atoms with Gasteiger partial charge in [-0.2, -0.15) is 4.31 Å². The molecule has 0 aromatic heterocycles. The number of hydrogen-bond acceptors (Lipinski definition) is 4. The van der Waals surface area contributed by atoms with Crippen molar-refractivity contribution >= 4 is 16.0 Å². The highest BCUT2D eigenvalue weighted by atomic mass is 32.2. The second kappa shape index (κ2) is 6.34. The first-order valence-electron chi connectivity index (χ1n) is 8.34. The van der Waals surface area contributed by atoms with Gasteiger partial charge in [0.1, 0.15) is 16.1 Å². The van der Waals surface area contributed by atoms with Crippen molar-refractivity contribution in [3.63, 3.8) is 0 Å². The van der Waals surface area contributed by atoms with E-state index in [1.54, 1.807) is 6.92 Å². The van der Waals surface area contributed by atoms with Crippen molar-refractivity contribution in [3.05, 3.63) is 29.6 Å². The molecule has 1 saturated heterocycles. The number of hydrogen-bond donors (Lipinski definition) is 2. The molecule has 0 radical (unpaired) electrons. The SMILES string of the molecule is Cc1ccc(F)c(S(=O)(=O)N2CC[C@H](O)[C@@](CC3CC3)(C(=O)O)C2)c1. The second-order valence-corrected chi connectivity index (χ2v) is 9.09. The van der Waals surface area contributed by atoms with Crippen LogP contribution in [0.2, 0.25) is 0 Å². The van der Waals surface area contributed by atoms with E-state index in [1.165, 1.54) is 12.1 Å². The lowest BCUT2D eigenvalue weighted by Gasteiger charge is -2.42. The number of aliphatic hydroxyl groups excluding tert-OH is 1. The molecule has 0 spiro atoms. The highest BCUT2D eigenvalue weighted by Gasteiger charge is 2.53. The van der Waals surface area contributed by atoms with Crippen molar-refractivity contribution in [2.75, 3.05) is 13.1 Å². The second-order valence-electron chi connectivity index (χ2n) is 7.19. The van der Waals surface area contributed by atoms with Gasteiger partial charge in [-0.15, -0.1) is 0 Å². The third kappa shape index (κ3) is 3.30. The van der Waals surface area contributed by atoms with E-state index in [0.29, 0.717) is 5.56 Å². The number of carboxylic acid groups (broad SMARTS) is 1. The molecule has 0 unspecified atom stereocenters. The summed E-state index contributed by atoms with van der Waals surface area (Å²) in [5, 5.41) is 20.1. The van der Waals surface area contributed by atoms with Crippen LogP contribution in [0.15, 0.2) is 23.1 Å². The number of sulfonamides is 1. The summed E-state index contributed by atoms with van der Waals surface area (Å²) in [5.74, 6) is -1.86. The van der Waals surface area contributed by atoms with Crippen LogP contribution >= 0.6 is 0 Å². The molecule has 8 heteroatoms. The Kier molecular flexibility index (Phi) is 4.63. The molecular formula is C17H22FNO5S. The van der Waals surface area contributed by atoms with Crippen molar-refractivity contribution in [2.24, 2.45) is 11.3 Å². The molecule has 1 aliphatic carbocycles. The predicted octanol–water partition coefficient (Wildman–Crippen LogP) is 1.76. The highest BCUT2D eigenvalue weighted by Crippen LogP contribution is 2.45. The molecular weight excluding hydrogens is 349 g/mol. The van der Waals surface area contributed by atoms with Crippen LogP contribution in [0, 0.1) is 24.1 Å². The number of benzene rings is 1. The maximum atomic E-state index is 14.1. The average molecular weight is 371 g/mol. The molecule has 1 saturated carbocycles. The van der Waals surface area contributed by atoms with Crippen molar-refractivity contribution < 1.29 is 27.8 Å². The molecule has 3 rings (SSSR count). The zero-order valence-electron chi connectivity index (χ0n) is 14.0. The van der Waals surface area contributed by atoms with E-state index in [0.717, 1.165) is 23.2 Å². The lowest BCUT2D eigenvalue weighted by molar-refractivity contribution is -0.162. The fraction of sp³-hybridized carbons (Fsp3) is 0.588. The topological polar surface area (TPSA) is 94.9 Å². The fourth-order valence-corrected chi connectivity index (χ4v) is 5.20. The van der Waals surface area contributed by atoms with E-state index in [9.17, 15) is 27.8 Å². The number of aryl methyl sites for hydroxylation is 1. The van der Waals surface area contributed by atoms with Crippen molar-refractivity contribution in [1.29, 1.82) is 0 Å². The Hall–Kier alpha value is -1.51. The smallest absolute Gasteiger partial charge is 0.313 e. The van der Waals surface area contributed by atoms with E-state index >= 15 is 0 Å². The Balaban J connectivity index is 1.96. The fourth-order valence-electron chi connectivity index (χ4n) is 3.53. The van der Waals surface area contributed by atoms with Crippen LogP contribution in [0.25, 0.3) is 0 Å². The van der Waals surface area contributed by atoms with E-state index in [-0.39, 0.29) is 31.8 Å². The Morgan fingerprint density at radius 1 is 1.36 bits per heavy atom. The Bertz CT molecular complexity index is 792. The number of nitrogens with zero attached hydrogens (tertiary/aromatic N) is 1. The molecule has 1 heterocycles. The van der Waals surface area contributed by atoms with Gasteiger partial charge in [0.15, 0.2) is 0 Å². The van der Waals surface area contributed by atoms with Crippen LogP contribution in [-0.2, 0) is 14.8 Å². The molecule has 2 atom stereocenters. The summed E-state index contributed by atoms with van der Waals surface area (Å²) in [4.78, 5) is 11.5. The molecule has 2 aliphatic rings. The van der Waals surface area contributed by atoms with Gasteiger partial charge in [-0.05, 0) is 43.4 Å². The third-order valence-electron chi connectivity index (χ3n) is 5.23.